The summed E-state index contributed by atoms with van der Waals surface area (Å²) in [6.45, 7) is 1.19. The average Bonchev–Trinajstić information content (AvgIpc) is 3.05. The van der Waals surface area contributed by atoms with Gasteiger partial charge in [-0.1, -0.05) is 42.5 Å². The molecule has 1 fully saturated rings. The normalized spacial score (nSPS) is 19.2. The van der Waals surface area contributed by atoms with Crippen molar-refractivity contribution in [1.82, 2.24) is 14.5 Å². The van der Waals surface area contributed by atoms with Crippen LogP contribution in [-0.2, 0) is 29.5 Å². The maximum Gasteiger partial charge on any atom is 0.303 e. The number of likely N-dealkylation sites (tertiary alicyclic amines) is 1. The third-order valence-electron chi connectivity index (χ3n) is 6.20. The first kappa shape index (κ1) is 20.1. The SMILES string of the molecule is Cn1c(CC2CN(C(=O)Cc3ccccc3)CCC2CC(=O)O)nc2ccccc21. The second-order valence-electron chi connectivity index (χ2n) is 8.19. The monoisotopic (exact) mass is 405 g/mol. The molecule has 4 rings (SSSR count). The van der Waals surface area contributed by atoms with Gasteiger partial charge < -0.3 is 14.6 Å². The Morgan fingerprint density at radius 1 is 1.07 bits per heavy atom. The van der Waals surface area contributed by atoms with E-state index < -0.39 is 5.97 Å². The zero-order chi connectivity index (χ0) is 21.1. The van der Waals surface area contributed by atoms with E-state index in [1.54, 1.807) is 0 Å². The maximum atomic E-state index is 12.9. The standard InChI is InChI=1S/C24H27N3O3/c1-26-21-10-6-5-9-20(21)25-22(26)14-19-16-27(12-11-18(19)15-24(29)30)23(28)13-17-7-3-2-4-8-17/h2-10,18-19H,11-16H2,1H3,(H,29,30). The molecule has 3 aromatic rings. The average molecular weight is 405 g/mol. The molecule has 1 aliphatic heterocycles. The zero-order valence-electron chi connectivity index (χ0n) is 17.2. The molecule has 2 aromatic carbocycles. The fraction of sp³-hybridized carbons (Fsp3) is 0.375. The highest BCUT2D eigenvalue weighted by Gasteiger charge is 2.33. The number of imidazole rings is 1. The van der Waals surface area contributed by atoms with Gasteiger partial charge >= 0.3 is 5.97 Å². The molecule has 1 N–H and O–H groups in total. The summed E-state index contributed by atoms with van der Waals surface area (Å²) in [5.74, 6) is 0.381. The van der Waals surface area contributed by atoms with E-state index in [1.807, 2.05) is 66.5 Å². The summed E-state index contributed by atoms with van der Waals surface area (Å²) in [5, 5.41) is 9.39. The van der Waals surface area contributed by atoms with Crippen LogP contribution < -0.4 is 0 Å². The summed E-state index contributed by atoms with van der Waals surface area (Å²) in [4.78, 5) is 31.0. The Bertz CT molecular complexity index is 1040. The topological polar surface area (TPSA) is 75.4 Å². The highest BCUT2D eigenvalue weighted by Crippen LogP contribution is 2.30. The fourth-order valence-corrected chi connectivity index (χ4v) is 4.53. The summed E-state index contributed by atoms with van der Waals surface area (Å²) in [6, 6.07) is 17.7. The third kappa shape index (κ3) is 4.37. The molecular weight excluding hydrogens is 378 g/mol. The Morgan fingerprint density at radius 3 is 2.53 bits per heavy atom. The van der Waals surface area contributed by atoms with Crippen molar-refractivity contribution >= 4 is 22.9 Å². The van der Waals surface area contributed by atoms with Crippen molar-refractivity contribution in [3.63, 3.8) is 0 Å². The van der Waals surface area contributed by atoms with Crippen molar-refractivity contribution in [2.75, 3.05) is 13.1 Å². The quantitative estimate of drug-likeness (QED) is 0.683. The Kier molecular flexibility index (Phi) is 5.84. The number of nitrogens with zero attached hydrogens (tertiary/aromatic N) is 3. The lowest BCUT2D eigenvalue weighted by atomic mass is 9.80. The molecule has 2 heterocycles. The minimum Gasteiger partial charge on any atom is -0.481 e. The zero-order valence-corrected chi connectivity index (χ0v) is 17.2. The lowest BCUT2D eigenvalue weighted by Gasteiger charge is -2.38. The number of carbonyl (C=O) groups excluding carboxylic acids is 1. The number of aromatic nitrogens is 2. The maximum absolute atomic E-state index is 12.9. The van der Waals surface area contributed by atoms with Crippen molar-refractivity contribution in [3.8, 4) is 0 Å². The van der Waals surface area contributed by atoms with Crippen LogP contribution in [0, 0.1) is 11.8 Å². The third-order valence-corrected chi connectivity index (χ3v) is 6.20. The number of aryl methyl sites for hydroxylation is 1. The van der Waals surface area contributed by atoms with Crippen LogP contribution in [0.3, 0.4) is 0 Å². The number of rotatable bonds is 6. The molecule has 156 valence electrons. The van der Waals surface area contributed by atoms with Gasteiger partial charge in [-0.15, -0.1) is 0 Å². The summed E-state index contributed by atoms with van der Waals surface area (Å²) < 4.78 is 2.08. The molecule has 2 atom stereocenters. The number of carboxylic acid groups (broad SMARTS) is 1. The number of amides is 1. The molecule has 0 aliphatic carbocycles. The fourth-order valence-electron chi connectivity index (χ4n) is 4.53. The van der Waals surface area contributed by atoms with Crippen molar-refractivity contribution in [1.29, 1.82) is 0 Å². The van der Waals surface area contributed by atoms with Gasteiger partial charge in [-0.2, -0.15) is 0 Å². The minimum absolute atomic E-state index is 0.0445. The van der Waals surface area contributed by atoms with Crippen molar-refractivity contribution in [2.24, 2.45) is 18.9 Å². The smallest absolute Gasteiger partial charge is 0.303 e. The van der Waals surface area contributed by atoms with E-state index in [0.29, 0.717) is 32.4 Å². The Labute approximate surface area is 176 Å². The molecule has 1 saturated heterocycles. The first-order valence-electron chi connectivity index (χ1n) is 10.4. The van der Waals surface area contributed by atoms with Gasteiger partial charge in [0, 0.05) is 33.0 Å². The summed E-state index contributed by atoms with van der Waals surface area (Å²) in [6.07, 6.45) is 1.89. The molecule has 1 aromatic heterocycles. The molecule has 1 amide bonds. The molecule has 2 unspecified atom stereocenters. The van der Waals surface area contributed by atoms with E-state index in [1.165, 1.54) is 0 Å². The minimum atomic E-state index is -0.779. The molecule has 6 heteroatoms. The number of para-hydroxylation sites is 2. The van der Waals surface area contributed by atoms with E-state index >= 15 is 0 Å². The number of carboxylic acids is 1. The van der Waals surface area contributed by atoms with Gasteiger partial charge in [-0.25, -0.2) is 4.98 Å². The van der Waals surface area contributed by atoms with E-state index in [0.717, 1.165) is 22.4 Å². The van der Waals surface area contributed by atoms with Crippen molar-refractivity contribution in [3.05, 3.63) is 66.0 Å². The summed E-state index contributed by atoms with van der Waals surface area (Å²) in [7, 11) is 2.00. The predicted molar refractivity (Wildman–Crippen MR) is 115 cm³/mol. The molecule has 1 aliphatic rings. The van der Waals surface area contributed by atoms with Crippen molar-refractivity contribution < 1.29 is 14.7 Å². The molecule has 0 spiro atoms. The van der Waals surface area contributed by atoms with E-state index in [-0.39, 0.29) is 24.2 Å². The van der Waals surface area contributed by atoms with Gasteiger partial charge in [0.25, 0.3) is 0 Å². The Balaban J connectivity index is 1.52. The molecule has 0 bridgehead atoms. The molecule has 0 radical (unpaired) electrons. The summed E-state index contributed by atoms with van der Waals surface area (Å²) >= 11 is 0. The first-order valence-corrected chi connectivity index (χ1v) is 10.4. The second-order valence-corrected chi connectivity index (χ2v) is 8.19. The highest BCUT2D eigenvalue weighted by atomic mass is 16.4. The largest absolute Gasteiger partial charge is 0.481 e. The highest BCUT2D eigenvalue weighted by molar-refractivity contribution is 5.79. The van der Waals surface area contributed by atoms with Gasteiger partial charge in [-0.3, -0.25) is 9.59 Å². The van der Waals surface area contributed by atoms with Crippen LogP contribution >= 0.6 is 0 Å². The predicted octanol–water partition coefficient (Wildman–Crippen LogP) is 3.30. The van der Waals surface area contributed by atoms with E-state index in [9.17, 15) is 14.7 Å². The number of piperidine rings is 1. The van der Waals surface area contributed by atoms with Crippen molar-refractivity contribution in [2.45, 2.75) is 25.7 Å². The summed E-state index contributed by atoms with van der Waals surface area (Å²) in [5.41, 5.74) is 3.01. The van der Waals surface area contributed by atoms with E-state index in [2.05, 4.69) is 4.57 Å². The number of carbonyl (C=O) groups is 2. The van der Waals surface area contributed by atoms with Gasteiger partial charge in [-0.05, 0) is 36.0 Å². The number of aliphatic carboxylic acids is 1. The van der Waals surface area contributed by atoms with Gasteiger partial charge in [0.1, 0.15) is 5.82 Å². The van der Waals surface area contributed by atoms with Crippen LogP contribution in [0.25, 0.3) is 11.0 Å². The Morgan fingerprint density at radius 2 is 1.80 bits per heavy atom. The second kappa shape index (κ2) is 8.69. The molecule has 30 heavy (non-hydrogen) atoms. The van der Waals surface area contributed by atoms with Crippen LogP contribution in [0.4, 0.5) is 0 Å². The lowest BCUT2D eigenvalue weighted by Crippen LogP contribution is -2.45. The lowest BCUT2D eigenvalue weighted by molar-refractivity contribution is -0.139. The number of benzene rings is 2. The Hall–Kier alpha value is -3.15. The molecular formula is C24H27N3O3. The van der Waals surface area contributed by atoms with Gasteiger partial charge in [0.2, 0.25) is 5.91 Å². The van der Waals surface area contributed by atoms with Crippen LogP contribution in [-0.4, -0.2) is 44.5 Å². The van der Waals surface area contributed by atoms with Crippen LogP contribution in [0.5, 0.6) is 0 Å². The van der Waals surface area contributed by atoms with Crippen LogP contribution in [0.15, 0.2) is 54.6 Å². The number of fused-ring (bicyclic) bond motifs is 1. The van der Waals surface area contributed by atoms with Gasteiger partial charge in [0.05, 0.1) is 17.5 Å². The molecule has 0 saturated carbocycles. The van der Waals surface area contributed by atoms with Crippen LogP contribution in [0.1, 0.15) is 24.2 Å². The first-order chi connectivity index (χ1) is 14.5. The molecule has 6 nitrogen and oxygen atoms in total. The van der Waals surface area contributed by atoms with Gasteiger partial charge in [0.15, 0.2) is 0 Å². The number of hydrogen-bond donors (Lipinski definition) is 1. The number of hydrogen-bond acceptors (Lipinski definition) is 3. The van der Waals surface area contributed by atoms with E-state index in [4.69, 9.17) is 4.98 Å². The van der Waals surface area contributed by atoms with Crippen LogP contribution in [0.2, 0.25) is 0 Å².